The maximum absolute atomic E-state index is 12.6. The zero-order valence-electron chi connectivity index (χ0n) is 18.4. The Balaban J connectivity index is 0.00000256. The third-order valence-electron chi connectivity index (χ3n) is 9.29. The first-order valence-corrected chi connectivity index (χ1v) is 11.6. The van der Waals surface area contributed by atoms with Gasteiger partial charge in [0, 0.05) is 30.2 Å². The molecular weight excluding hydrogens is 402 g/mol. The number of Topliss-reactive ketones (excluding diaryl/α,β-unsaturated/α-hetero) is 1. The first kappa shape index (κ1) is 23.5. The Kier molecular flexibility index (Phi) is 6.88. The van der Waals surface area contributed by atoms with Crippen molar-refractivity contribution in [1.82, 2.24) is 5.32 Å². The molecule has 7 heteroatoms. The van der Waals surface area contributed by atoms with Crippen LogP contribution in [0.1, 0.15) is 78.1 Å². The van der Waals surface area contributed by atoms with Crippen molar-refractivity contribution in [3.8, 4) is 0 Å². The molecule has 4 aliphatic rings. The van der Waals surface area contributed by atoms with Crippen molar-refractivity contribution >= 4 is 29.8 Å². The van der Waals surface area contributed by atoms with Crippen molar-refractivity contribution in [1.29, 1.82) is 0 Å². The normalized spacial score (nSPS) is 43.9. The highest BCUT2D eigenvalue weighted by atomic mass is 35.5. The Morgan fingerprint density at radius 1 is 1.23 bits per heavy atom. The van der Waals surface area contributed by atoms with Crippen molar-refractivity contribution in [2.45, 2.75) is 84.1 Å². The largest absolute Gasteiger partial charge is 0.411 e. The molecule has 7 atom stereocenters. The summed E-state index contributed by atoms with van der Waals surface area (Å²) in [7, 11) is 0. The van der Waals surface area contributed by atoms with Gasteiger partial charge in [-0.25, -0.2) is 0 Å². The van der Waals surface area contributed by atoms with Gasteiger partial charge in [-0.15, -0.1) is 12.4 Å². The van der Waals surface area contributed by atoms with Crippen molar-refractivity contribution in [3.63, 3.8) is 0 Å². The number of hydrogen-bond donors (Lipinski definition) is 3. The van der Waals surface area contributed by atoms with E-state index in [1.165, 1.54) is 0 Å². The van der Waals surface area contributed by atoms with Crippen LogP contribution in [-0.2, 0) is 9.59 Å². The topological polar surface area (TPSA) is 105 Å². The number of carbonyl (C=O) groups is 2. The van der Waals surface area contributed by atoms with E-state index in [2.05, 4.69) is 24.3 Å². The first-order valence-electron chi connectivity index (χ1n) is 11.6. The van der Waals surface area contributed by atoms with Crippen LogP contribution in [0.3, 0.4) is 0 Å². The van der Waals surface area contributed by atoms with Crippen molar-refractivity contribution in [3.05, 3.63) is 0 Å². The number of hydrogen-bond acceptors (Lipinski definition) is 5. The van der Waals surface area contributed by atoms with Crippen LogP contribution in [0, 0.1) is 34.5 Å². The Labute approximate surface area is 186 Å². The number of nitrogens with zero attached hydrogens (tertiary/aromatic N) is 1. The summed E-state index contributed by atoms with van der Waals surface area (Å²) >= 11 is 0. The molecule has 4 rings (SSSR count). The molecule has 4 saturated carbocycles. The molecule has 0 radical (unpaired) electrons. The van der Waals surface area contributed by atoms with Gasteiger partial charge in [0.15, 0.2) is 0 Å². The fraction of sp³-hybridized carbons (Fsp3) is 0.870. The minimum atomic E-state index is -0.168. The van der Waals surface area contributed by atoms with Gasteiger partial charge in [-0.1, -0.05) is 19.0 Å². The van der Waals surface area contributed by atoms with Gasteiger partial charge < -0.3 is 16.3 Å². The van der Waals surface area contributed by atoms with E-state index in [0.717, 1.165) is 50.7 Å². The van der Waals surface area contributed by atoms with Crippen molar-refractivity contribution in [2.24, 2.45) is 45.4 Å². The molecular formula is C23H38ClN3O3. The molecule has 170 valence electrons. The van der Waals surface area contributed by atoms with Gasteiger partial charge in [0.25, 0.3) is 0 Å². The number of amides is 1. The lowest BCUT2D eigenvalue weighted by molar-refractivity contribution is -0.134. The molecule has 0 saturated heterocycles. The summed E-state index contributed by atoms with van der Waals surface area (Å²) in [4.78, 5) is 24.8. The summed E-state index contributed by atoms with van der Waals surface area (Å²) in [5.41, 5.74) is 6.35. The second-order valence-corrected chi connectivity index (χ2v) is 10.6. The Morgan fingerprint density at radius 2 is 2.00 bits per heavy atom. The molecule has 4 aliphatic carbocycles. The third-order valence-corrected chi connectivity index (χ3v) is 9.29. The van der Waals surface area contributed by atoms with Crippen molar-refractivity contribution < 1.29 is 14.8 Å². The van der Waals surface area contributed by atoms with Crippen LogP contribution in [-0.4, -0.2) is 35.2 Å². The van der Waals surface area contributed by atoms with Crippen LogP contribution in [0.5, 0.6) is 0 Å². The molecule has 2 unspecified atom stereocenters. The Morgan fingerprint density at radius 3 is 2.70 bits per heavy atom. The fourth-order valence-corrected chi connectivity index (χ4v) is 7.64. The molecule has 0 aromatic heterocycles. The second kappa shape index (κ2) is 8.78. The van der Waals surface area contributed by atoms with E-state index < -0.39 is 0 Å². The van der Waals surface area contributed by atoms with Gasteiger partial charge in [-0.3, -0.25) is 9.59 Å². The number of nitrogens with two attached hydrogens (primary N) is 1. The van der Waals surface area contributed by atoms with E-state index in [0.29, 0.717) is 49.3 Å². The average molecular weight is 440 g/mol. The van der Waals surface area contributed by atoms with Crippen LogP contribution in [0.4, 0.5) is 0 Å². The number of halogens is 1. The molecule has 0 bridgehead atoms. The van der Waals surface area contributed by atoms with Gasteiger partial charge in [-0.2, -0.15) is 0 Å². The minimum Gasteiger partial charge on any atom is -0.411 e. The van der Waals surface area contributed by atoms with Gasteiger partial charge in [-0.05, 0) is 81.1 Å². The predicted molar refractivity (Wildman–Crippen MR) is 119 cm³/mol. The molecule has 4 N–H and O–H groups in total. The molecule has 6 nitrogen and oxygen atoms in total. The number of fused-ring (bicyclic) bond motifs is 5. The van der Waals surface area contributed by atoms with Gasteiger partial charge in [0.2, 0.25) is 5.91 Å². The number of ketones is 1. The third kappa shape index (κ3) is 3.68. The number of carbonyl (C=O) groups excluding carboxylic acids is 2. The van der Waals surface area contributed by atoms with E-state index in [9.17, 15) is 14.8 Å². The van der Waals surface area contributed by atoms with E-state index in [1.807, 2.05) is 0 Å². The van der Waals surface area contributed by atoms with Crippen LogP contribution in [0.2, 0.25) is 0 Å². The minimum absolute atomic E-state index is 0. The SMILES string of the molecule is C[C@]12CCC(NC(=O)CCCN)CC1/C(=N\O)C[C@@H]1[C@H]2CC[C@]2(C)C(=O)CC[C@@H]12.Cl. The molecule has 30 heavy (non-hydrogen) atoms. The van der Waals surface area contributed by atoms with Gasteiger partial charge >= 0.3 is 0 Å². The summed E-state index contributed by atoms with van der Waals surface area (Å²) in [5, 5.41) is 16.9. The zero-order valence-corrected chi connectivity index (χ0v) is 19.2. The highest BCUT2D eigenvalue weighted by Crippen LogP contribution is 2.64. The summed E-state index contributed by atoms with van der Waals surface area (Å²) in [6.45, 7) is 5.10. The second-order valence-electron chi connectivity index (χ2n) is 10.6. The highest BCUT2D eigenvalue weighted by Gasteiger charge is 2.61. The summed E-state index contributed by atoms with van der Waals surface area (Å²) in [6, 6.07) is 0.147. The summed E-state index contributed by atoms with van der Waals surface area (Å²) in [5.74, 6) is 2.19. The zero-order chi connectivity index (χ0) is 20.8. The molecule has 0 heterocycles. The molecule has 4 fully saturated rings. The van der Waals surface area contributed by atoms with E-state index >= 15 is 0 Å². The Bertz CT molecular complexity index is 714. The lowest BCUT2D eigenvalue weighted by atomic mass is 9.44. The monoisotopic (exact) mass is 439 g/mol. The van der Waals surface area contributed by atoms with Crippen LogP contribution >= 0.6 is 12.4 Å². The van der Waals surface area contributed by atoms with Gasteiger partial charge in [0.05, 0.1) is 5.71 Å². The number of rotatable bonds is 4. The number of oxime groups is 1. The fourth-order valence-electron chi connectivity index (χ4n) is 7.64. The molecule has 0 aromatic rings. The van der Waals surface area contributed by atoms with E-state index in [-0.39, 0.29) is 41.1 Å². The Hall–Kier alpha value is -1.14. The van der Waals surface area contributed by atoms with Crippen molar-refractivity contribution in [2.75, 3.05) is 6.54 Å². The van der Waals surface area contributed by atoms with Crippen LogP contribution in [0.15, 0.2) is 5.16 Å². The molecule has 0 aliphatic heterocycles. The van der Waals surface area contributed by atoms with Gasteiger partial charge in [0.1, 0.15) is 5.78 Å². The summed E-state index contributed by atoms with van der Waals surface area (Å²) < 4.78 is 0. The highest BCUT2D eigenvalue weighted by molar-refractivity contribution is 5.90. The predicted octanol–water partition coefficient (Wildman–Crippen LogP) is 3.68. The quantitative estimate of drug-likeness (QED) is 0.459. The smallest absolute Gasteiger partial charge is 0.220 e. The van der Waals surface area contributed by atoms with Crippen LogP contribution < -0.4 is 11.1 Å². The van der Waals surface area contributed by atoms with Crippen LogP contribution in [0.25, 0.3) is 0 Å². The first-order chi connectivity index (χ1) is 13.8. The number of nitrogens with one attached hydrogen (secondary N) is 1. The molecule has 0 aromatic carbocycles. The maximum atomic E-state index is 12.6. The standard InChI is InChI=1S/C23H37N3O3.ClH/c1-22-9-7-14(25-21(28)4-3-11-24)12-18(22)19(26-29)13-15-16-5-6-20(27)23(16,2)10-8-17(15)22;/h14-18,29H,3-13,24H2,1-2H3,(H,25,28);1H/b26-19-;/t14?,15-,16-,17+,18?,22+,23-;/m0./s1. The molecule has 0 spiro atoms. The van der Waals surface area contributed by atoms with E-state index in [4.69, 9.17) is 5.73 Å². The maximum Gasteiger partial charge on any atom is 0.220 e. The molecule has 1 amide bonds. The van der Waals surface area contributed by atoms with E-state index in [1.54, 1.807) is 0 Å². The summed E-state index contributed by atoms with van der Waals surface area (Å²) in [6.07, 6.45) is 8.69. The lowest BCUT2D eigenvalue weighted by Crippen LogP contribution is -2.58. The lowest BCUT2D eigenvalue weighted by Gasteiger charge is -2.60. The average Bonchev–Trinajstić information content (AvgIpc) is 3.01.